The molecule has 0 amide bonds. The first-order chi connectivity index (χ1) is 13.0. The lowest BCUT2D eigenvalue weighted by atomic mass is 10.1. The lowest BCUT2D eigenvalue weighted by molar-refractivity contribution is 0.323. The van der Waals surface area contributed by atoms with E-state index in [1.807, 2.05) is 18.2 Å². The highest BCUT2D eigenvalue weighted by molar-refractivity contribution is 5.79. The molecule has 0 spiro atoms. The van der Waals surface area contributed by atoms with Crippen LogP contribution >= 0.6 is 0 Å². The fraction of sp³-hybridized carbons (Fsp3) is 0.350. The van der Waals surface area contributed by atoms with Crippen LogP contribution in [0.1, 0.15) is 16.7 Å². The number of benzene rings is 2. The summed E-state index contributed by atoms with van der Waals surface area (Å²) >= 11 is 0. The van der Waals surface area contributed by atoms with Gasteiger partial charge in [-0.3, -0.25) is 4.99 Å². The van der Waals surface area contributed by atoms with E-state index in [0.717, 1.165) is 11.1 Å². The van der Waals surface area contributed by atoms with Crippen LogP contribution < -0.4 is 24.8 Å². The molecule has 0 bridgehead atoms. The van der Waals surface area contributed by atoms with Crippen molar-refractivity contribution in [2.45, 2.75) is 20.0 Å². The summed E-state index contributed by atoms with van der Waals surface area (Å²) in [7, 11) is 6.43. The number of nitrogens with zero attached hydrogens (tertiary/aromatic N) is 1. The Kier molecular flexibility index (Phi) is 7.28. The third kappa shape index (κ3) is 5.26. The molecule has 2 aromatic carbocycles. The fourth-order valence-electron chi connectivity index (χ4n) is 2.65. The molecule has 6 nitrogen and oxygen atoms in total. The molecule has 2 N–H and O–H groups in total. The van der Waals surface area contributed by atoms with Gasteiger partial charge in [-0.05, 0) is 41.8 Å². The predicted octanol–water partition coefficient (Wildman–Crippen LogP) is 3.03. The van der Waals surface area contributed by atoms with Crippen LogP contribution in [0, 0.1) is 12.7 Å². The number of guanidine groups is 1. The molecule has 146 valence electrons. The maximum absolute atomic E-state index is 13.4. The summed E-state index contributed by atoms with van der Waals surface area (Å²) in [6.07, 6.45) is 0. The van der Waals surface area contributed by atoms with E-state index in [2.05, 4.69) is 15.6 Å². The van der Waals surface area contributed by atoms with Crippen molar-refractivity contribution in [2.75, 3.05) is 28.4 Å². The van der Waals surface area contributed by atoms with Gasteiger partial charge >= 0.3 is 0 Å². The highest BCUT2D eigenvalue weighted by Gasteiger charge is 2.13. The number of hydrogen-bond acceptors (Lipinski definition) is 4. The van der Waals surface area contributed by atoms with Gasteiger partial charge in [-0.1, -0.05) is 12.1 Å². The minimum atomic E-state index is -0.205. The van der Waals surface area contributed by atoms with Crippen molar-refractivity contribution in [1.82, 2.24) is 10.6 Å². The van der Waals surface area contributed by atoms with E-state index in [0.29, 0.717) is 41.9 Å². The number of hydrogen-bond donors (Lipinski definition) is 2. The van der Waals surface area contributed by atoms with Crippen LogP contribution in [0.4, 0.5) is 4.39 Å². The zero-order valence-corrected chi connectivity index (χ0v) is 16.4. The molecule has 0 aliphatic rings. The van der Waals surface area contributed by atoms with Gasteiger partial charge in [-0.25, -0.2) is 4.39 Å². The van der Waals surface area contributed by atoms with Crippen LogP contribution in [-0.4, -0.2) is 34.3 Å². The van der Waals surface area contributed by atoms with Gasteiger partial charge < -0.3 is 24.8 Å². The summed E-state index contributed by atoms with van der Waals surface area (Å²) < 4.78 is 29.4. The normalized spacial score (nSPS) is 11.1. The van der Waals surface area contributed by atoms with Crippen LogP contribution in [0.3, 0.4) is 0 Å². The fourth-order valence-corrected chi connectivity index (χ4v) is 2.65. The van der Waals surface area contributed by atoms with Gasteiger partial charge in [0, 0.05) is 20.1 Å². The average molecular weight is 375 g/mol. The summed E-state index contributed by atoms with van der Waals surface area (Å²) in [4.78, 5) is 4.21. The summed E-state index contributed by atoms with van der Waals surface area (Å²) in [6.45, 7) is 2.80. The van der Waals surface area contributed by atoms with Gasteiger partial charge in [0.15, 0.2) is 17.5 Å². The molecule has 2 rings (SSSR count). The van der Waals surface area contributed by atoms with Crippen LogP contribution in [0.15, 0.2) is 35.3 Å². The van der Waals surface area contributed by atoms with Gasteiger partial charge in [0.25, 0.3) is 0 Å². The molecule has 27 heavy (non-hydrogen) atoms. The first kappa shape index (κ1) is 20.4. The second kappa shape index (κ2) is 9.66. The highest BCUT2D eigenvalue weighted by Crippen LogP contribution is 2.38. The topological polar surface area (TPSA) is 64.1 Å². The Bertz CT molecular complexity index is 784. The summed E-state index contributed by atoms with van der Waals surface area (Å²) in [5.74, 6) is 2.17. The minimum Gasteiger partial charge on any atom is -0.493 e. The zero-order chi connectivity index (χ0) is 19.8. The average Bonchev–Trinajstić information content (AvgIpc) is 2.69. The van der Waals surface area contributed by atoms with Crippen molar-refractivity contribution in [2.24, 2.45) is 4.99 Å². The summed E-state index contributed by atoms with van der Waals surface area (Å²) in [5.41, 5.74) is 2.55. The van der Waals surface area contributed by atoms with Gasteiger partial charge in [0.05, 0.1) is 21.3 Å². The van der Waals surface area contributed by atoms with E-state index >= 15 is 0 Å². The largest absolute Gasteiger partial charge is 0.493 e. The third-order valence-electron chi connectivity index (χ3n) is 4.09. The molecule has 0 unspecified atom stereocenters. The molecular weight excluding hydrogens is 349 g/mol. The van der Waals surface area contributed by atoms with Crippen LogP contribution in [0.5, 0.6) is 17.2 Å². The zero-order valence-electron chi connectivity index (χ0n) is 16.4. The molecule has 0 fully saturated rings. The monoisotopic (exact) mass is 375 g/mol. The second-order valence-electron chi connectivity index (χ2n) is 5.90. The molecule has 0 aromatic heterocycles. The van der Waals surface area contributed by atoms with E-state index in [1.165, 1.54) is 6.07 Å². The first-order valence-electron chi connectivity index (χ1n) is 8.50. The predicted molar refractivity (Wildman–Crippen MR) is 104 cm³/mol. The Hall–Kier alpha value is -2.96. The Balaban J connectivity index is 2.02. The number of rotatable bonds is 7. The lowest BCUT2D eigenvalue weighted by Gasteiger charge is -2.16. The molecule has 0 heterocycles. The van der Waals surface area contributed by atoms with Gasteiger partial charge in [-0.15, -0.1) is 0 Å². The van der Waals surface area contributed by atoms with Crippen molar-refractivity contribution in [3.05, 3.63) is 52.8 Å². The van der Waals surface area contributed by atoms with E-state index in [1.54, 1.807) is 41.4 Å². The van der Waals surface area contributed by atoms with Crippen molar-refractivity contribution in [3.8, 4) is 17.2 Å². The number of nitrogens with one attached hydrogen (secondary N) is 2. The lowest BCUT2D eigenvalue weighted by Crippen LogP contribution is -2.36. The molecule has 0 saturated carbocycles. The van der Waals surface area contributed by atoms with Crippen molar-refractivity contribution >= 4 is 5.96 Å². The standard InChI is InChI=1S/C20H26FN3O3/c1-13-8-14(6-7-16(13)21)11-23-20(22-2)24-12-15-9-17(25-3)19(27-5)18(10-15)26-4/h6-10H,11-12H2,1-5H3,(H2,22,23,24). The maximum atomic E-state index is 13.4. The van der Waals surface area contributed by atoms with Crippen LogP contribution in [0.2, 0.25) is 0 Å². The molecule has 0 atom stereocenters. The summed E-state index contributed by atoms with van der Waals surface area (Å²) in [5, 5.41) is 6.45. The number of ether oxygens (including phenoxy) is 3. The van der Waals surface area contributed by atoms with E-state index in [4.69, 9.17) is 14.2 Å². The van der Waals surface area contributed by atoms with Gasteiger partial charge in [0.2, 0.25) is 5.75 Å². The van der Waals surface area contributed by atoms with Gasteiger partial charge in [0.1, 0.15) is 5.82 Å². The Morgan fingerprint density at radius 3 is 2.00 bits per heavy atom. The molecule has 0 radical (unpaired) electrons. The highest BCUT2D eigenvalue weighted by atomic mass is 19.1. The van der Waals surface area contributed by atoms with Crippen LogP contribution in [-0.2, 0) is 13.1 Å². The minimum absolute atomic E-state index is 0.205. The molecule has 2 aromatic rings. The molecule has 0 saturated heterocycles. The number of aliphatic imine (C=N–C) groups is 1. The number of aryl methyl sites for hydroxylation is 1. The van der Waals surface area contributed by atoms with Crippen LogP contribution in [0.25, 0.3) is 0 Å². The molecular formula is C20H26FN3O3. The number of halogens is 1. The Morgan fingerprint density at radius 1 is 0.926 bits per heavy atom. The van der Waals surface area contributed by atoms with Crippen molar-refractivity contribution in [3.63, 3.8) is 0 Å². The van der Waals surface area contributed by atoms with E-state index < -0.39 is 0 Å². The smallest absolute Gasteiger partial charge is 0.203 e. The summed E-state index contributed by atoms with van der Waals surface area (Å²) in [6, 6.07) is 8.80. The maximum Gasteiger partial charge on any atom is 0.203 e. The van der Waals surface area contributed by atoms with E-state index in [9.17, 15) is 4.39 Å². The number of methoxy groups -OCH3 is 3. The second-order valence-corrected chi connectivity index (χ2v) is 5.90. The quantitative estimate of drug-likeness (QED) is 0.575. The third-order valence-corrected chi connectivity index (χ3v) is 4.09. The van der Waals surface area contributed by atoms with Gasteiger partial charge in [-0.2, -0.15) is 0 Å². The molecule has 7 heteroatoms. The molecule has 0 aliphatic carbocycles. The Labute approximate surface area is 159 Å². The SMILES string of the molecule is CN=C(NCc1ccc(F)c(C)c1)NCc1cc(OC)c(OC)c(OC)c1. The van der Waals surface area contributed by atoms with Crippen molar-refractivity contribution < 1.29 is 18.6 Å². The van der Waals surface area contributed by atoms with E-state index in [-0.39, 0.29) is 5.82 Å². The van der Waals surface area contributed by atoms with Crippen molar-refractivity contribution in [1.29, 1.82) is 0 Å². The first-order valence-corrected chi connectivity index (χ1v) is 8.50. The Morgan fingerprint density at radius 2 is 1.52 bits per heavy atom. The molecule has 0 aliphatic heterocycles.